The molecule has 0 atom stereocenters. The van der Waals surface area contributed by atoms with Crippen LogP contribution in [0.4, 0.5) is 0 Å². The lowest BCUT2D eigenvalue weighted by Gasteiger charge is -2.15. The van der Waals surface area contributed by atoms with Crippen LogP contribution in [0, 0.1) is 6.92 Å². The number of nitrogens with zero attached hydrogens (tertiary/aromatic N) is 3. The van der Waals surface area contributed by atoms with E-state index in [0.29, 0.717) is 11.2 Å². The first-order valence-corrected chi connectivity index (χ1v) is 9.71. The predicted molar refractivity (Wildman–Crippen MR) is 108 cm³/mol. The minimum atomic E-state index is -0.398. The van der Waals surface area contributed by atoms with Crippen molar-refractivity contribution >= 4 is 22.9 Å². The Balaban J connectivity index is 2.03. The van der Waals surface area contributed by atoms with Crippen molar-refractivity contribution in [1.29, 1.82) is 0 Å². The Bertz CT molecular complexity index is 1240. The Kier molecular flexibility index (Phi) is 4.45. The summed E-state index contributed by atoms with van der Waals surface area (Å²) in [5, 5.41) is 0. The van der Waals surface area contributed by atoms with Crippen LogP contribution in [0.1, 0.15) is 11.1 Å². The van der Waals surface area contributed by atoms with Crippen LogP contribution in [-0.4, -0.2) is 25.4 Å². The highest BCUT2D eigenvalue weighted by molar-refractivity contribution is 7.98. The Morgan fingerprint density at radius 2 is 1.85 bits per heavy atom. The van der Waals surface area contributed by atoms with Crippen molar-refractivity contribution < 1.29 is 0 Å². The van der Waals surface area contributed by atoms with Crippen LogP contribution < -0.4 is 11.2 Å². The molecule has 4 aromatic rings. The zero-order chi connectivity index (χ0) is 19.0. The molecule has 0 saturated heterocycles. The van der Waals surface area contributed by atoms with Gasteiger partial charge in [0.15, 0.2) is 5.65 Å². The molecule has 0 radical (unpaired) electrons. The molecule has 0 aliphatic heterocycles. The normalized spacial score (nSPS) is 11.2. The summed E-state index contributed by atoms with van der Waals surface area (Å²) in [6.07, 6.45) is 3.44. The van der Waals surface area contributed by atoms with Gasteiger partial charge in [-0.1, -0.05) is 36.4 Å². The lowest BCUT2D eigenvalue weighted by atomic mass is 10.2. The Labute approximate surface area is 159 Å². The highest BCUT2D eigenvalue weighted by Gasteiger charge is 2.18. The fourth-order valence-electron chi connectivity index (χ4n) is 3.24. The standard InChI is InChI=1S/C20H18N4O2S/c1-13-15(9-6-10-16(13)27-2)24-18-17(21-12-22-18)19(25)23(20(24)26)11-14-7-4-3-5-8-14/h3-10,12H,11H2,1-2H3,(H,21,22). The second-order valence-corrected chi connectivity index (χ2v) is 7.05. The van der Waals surface area contributed by atoms with Crippen LogP contribution in [0.25, 0.3) is 16.9 Å². The quantitative estimate of drug-likeness (QED) is 0.554. The molecule has 0 unspecified atom stereocenters. The van der Waals surface area contributed by atoms with Crippen LogP contribution in [-0.2, 0) is 6.54 Å². The maximum Gasteiger partial charge on any atom is 0.337 e. The Morgan fingerprint density at radius 1 is 1.07 bits per heavy atom. The van der Waals surface area contributed by atoms with Crippen LogP contribution >= 0.6 is 11.8 Å². The van der Waals surface area contributed by atoms with E-state index in [4.69, 9.17) is 0 Å². The monoisotopic (exact) mass is 378 g/mol. The summed E-state index contributed by atoms with van der Waals surface area (Å²) in [6.45, 7) is 2.17. The zero-order valence-corrected chi connectivity index (χ0v) is 15.8. The third-order valence-electron chi connectivity index (χ3n) is 4.61. The van der Waals surface area contributed by atoms with Gasteiger partial charge in [0.1, 0.15) is 5.52 Å². The van der Waals surface area contributed by atoms with Gasteiger partial charge in [0.25, 0.3) is 5.56 Å². The van der Waals surface area contributed by atoms with Crippen molar-refractivity contribution in [3.05, 3.63) is 86.8 Å². The number of hydrogen-bond donors (Lipinski definition) is 1. The van der Waals surface area contributed by atoms with E-state index in [-0.39, 0.29) is 12.1 Å². The molecule has 0 amide bonds. The number of nitrogens with one attached hydrogen (secondary N) is 1. The van der Waals surface area contributed by atoms with Gasteiger partial charge in [-0.15, -0.1) is 11.8 Å². The van der Waals surface area contributed by atoms with Gasteiger partial charge < -0.3 is 4.98 Å². The smallest absolute Gasteiger partial charge is 0.337 e. The molecule has 2 heterocycles. The van der Waals surface area contributed by atoms with Crippen LogP contribution in [0.3, 0.4) is 0 Å². The van der Waals surface area contributed by atoms with E-state index >= 15 is 0 Å². The summed E-state index contributed by atoms with van der Waals surface area (Å²) in [7, 11) is 0. The third kappa shape index (κ3) is 2.90. The van der Waals surface area contributed by atoms with E-state index in [2.05, 4.69) is 9.97 Å². The number of H-pyrrole nitrogens is 1. The molecule has 0 aliphatic rings. The molecule has 4 rings (SSSR count). The minimum absolute atomic E-state index is 0.203. The number of aromatic nitrogens is 4. The first-order valence-electron chi connectivity index (χ1n) is 8.48. The van der Waals surface area contributed by atoms with E-state index in [1.807, 2.05) is 61.7 Å². The summed E-state index contributed by atoms with van der Waals surface area (Å²) >= 11 is 1.62. The third-order valence-corrected chi connectivity index (χ3v) is 5.49. The van der Waals surface area contributed by atoms with Gasteiger partial charge in [-0.2, -0.15) is 0 Å². The van der Waals surface area contributed by atoms with Crippen molar-refractivity contribution in [3.63, 3.8) is 0 Å². The maximum atomic E-state index is 13.3. The second kappa shape index (κ2) is 6.92. The topological polar surface area (TPSA) is 72.7 Å². The molecule has 7 heteroatoms. The highest BCUT2D eigenvalue weighted by Crippen LogP contribution is 2.25. The molecule has 27 heavy (non-hydrogen) atoms. The van der Waals surface area contributed by atoms with E-state index in [0.717, 1.165) is 21.7 Å². The Morgan fingerprint density at radius 3 is 2.59 bits per heavy atom. The largest absolute Gasteiger partial charge is 0.339 e. The second-order valence-electron chi connectivity index (χ2n) is 6.20. The zero-order valence-electron chi connectivity index (χ0n) is 15.0. The van der Waals surface area contributed by atoms with Crippen LogP contribution in [0.2, 0.25) is 0 Å². The van der Waals surface area contributed by atoms with Crippen molar-refractivity contribution in [2.45, 2.75) is 18.4 Å². The lowest BCUT2D eigenvalue weighted by molar-refractivity contribution is 0.681. The number of thioether (sulfide) groups is 1. The Hall–Kier alpha value is -3.06. The summed E-state index contributed by atoms with van der Waals surface area (Å²) < 4.78 is 2.77. The molecule has 0 fully saturated rings. The summed E-state index contributed by atoms with van der Waals surface area (Å²) in [5.41, 5.74) is 2.48. The van der Waals surface area contributed by atoms with Gasteiger partial charge in [0, 0.05) is 4.90 Å². The SMILES string of the molecule is CSc1cccc(-n2c(=O)n(Cc3ccccc3)c(=O)c3[nH]cnc32)c1C. The van der Waals surface area contributed by atoms with Gasteiger partial charge in [-0.05, 0) is 36.4 Å². The lowest BCUT2D eigenvalue weighted by Crippen LogP contribution is -2.40. The molecule has 136 valence electrons. The van der Waals surface area contributed by atoms with Gasteiger partial charge >= 0.3 is 5.69 Å². The summed E-state index contributed by atoms with van der Waals surface area (Å²) in [6, 6.07) is 15.3. The van der Waals surface area contributed by atoms with Gasteiger partial charge in [-0.25, -0.2) is 14.3 Å². The van der Waals surface area contributed by atoms with Crippen LogP contribution in [0.15, 0.2) is 69.3 Å². The molecule has 1 N–H and O–H groups in total. The van der Waals surface area contributed by atoms with Gasteiger partial charge in [0.05, 0.1) is 18.6 Å². The fourth-order valence-corrected chi connectivity index (χ4v) is 3.86. The average molecular weight is 378 g/mol. The highest BCUT2D eigenvalue weighted by atomic mass is 32.2. The van der Waals surface area contributed by atoms with E-state index in [1.54, 1.807) is 11.8 Å². The minimum Gasteiger partial charge on any atom is -0.339 e. The van der Waals surface area contributed by atoms with Crippen molar-refractivity contribution in [2.24, 2.45) is 0 Å². The number of aromatic amines is 1. The number of fused-ring (bicyclic) bond motifs is 1. The molecular formula is C20H18N4O2S. The average Bonchev–Trinajstić information content (AvgIpc) is 3.17. The number of benzene rings is 2. The van der Waals surface area contributed by atoms with Crippen LogP contribution in [0.5, 0.6) is 0 Å². The molecule has 2 aromatic heterocycles. The molecule has 6 nitrogen and oxygen atoms in total. The fraction of sp³-hybridized carbons (Fsp3) is 0.150. The van der Waals surface area contributed by atoms with Gasteiger partial charge in [-0.3, -0.25) is 9.36 Å². The van der Waals surface area contributed by atoms with E-state index in [9.17, 15) is 9.59 Å². The number of hydrogen-bond acceptors (Lipinski definition) is 4. The molecule has 0 saturated carbocycles. The summed E-state index contributed by atoms with van der Waals surface area (Å²) in [4.78, 5) is 34.4. The predicted octanol–water partition coefficient (Wildman–Crippen LogP) is 2.95. The van der Waals surface area contributed by atoms with E-state index in [1.165, 1.54) is 15.5 Å². The molecule has 0 bridgehead atoms. The summed E-state index contributed by atoms with van der Waals surface area (Å²) in [5.74, 6) is 0. The number of rotatable bonds is 4. The molecule has 0 aliphatic carbocycles. The number of imidazole rings is 1. The molecule has 0 spiro atoms. The molecular weight excluding hydrogens is 360 g/mol. The van der Waals surface area contributed by atoms with Gasteiger partial charge in [0.2, 0.25) is 0 Å². The molecule has 2 aromatic carbocycles. The first kappa shape index (κ1) is 17.4. The first-order chi connectivity index (χ1) is 13.1. The van der Waals surface area contributed by atoms with Crippen molar-refractivity contribution in [3.8, 4) is 5.69 Å². The van der Waals surface area contributed by atoms with Crippen molar-refractivity contribution in [2.75, 3.05) is 6.26 Å². The van der Waals surface area contributed by atoms with E-state index < -0.39 is 5.69 Å². The van der Waals surface area contributed by atoms with Crippen molar-refractivity contribution in [1.82, 2.24) is 19.1 Å². The maximum absolute atomic E-state index is 13.3.